The fourth-order valence-electron chi connectivity index (χ4n) is 1.60. The maximum Gasteiger partial charge on any atom is 0.412 e. The Bertz CT molecular complexity index is 713. The molecule has 104 valence electrons. The molecular weight excluding hydrogens is 342 g/mol. The lowest BCUT2D eigenvalue weighted by Gasteiger charge is -2.19. The molecule has 20 heavy (non-hydrogen) atoms. The Balaban J connectivity index is 2.39. The van der Waals surface area contributed by atoms with E-state index in [1.165, 1.54) is 11.3 Å². The summed E-state index contributed by atoms with van der Waals surface area (Å²) in [7, 11) is 0. The molecule has 0 aliphatic rings. The number of halogens is 1. The van der Waals surface area contributed by atoms with Crippen molar-refractivity contribution >= 4 is 48.4 Å². The molecule has 1 N–H and O–H groups in total. The van der Waals surface area contributed by atoms with Crippen LogP contribution in [-0.4, -0.2) is 16.7 Å². The first-order valence-corrected chi connectivity index (χ1v) is 7.39. The van der Waals surface area contributed by atoms with Crippen molar-refractivity contribution in [2.45, 2.75) is 26.4 Å². The van der Waals surface area contributed by atoms with Crippen molar-refractivity contribution in [2.24, 2.45) is 0 Å². The number of thiophene rings is 1. The molecule has 0 unspecified atom stereocenters. The quantitative estimate of drug-likeness (QED) is 0.830. The third kappa shape index (κ3) is 3.08. The van der Waals surface area contributed by atoms with Gasteiger partial charge in [-0.25, -0.2) is 4.79 Å². The number of rotatable bonds is 1. The summed E-state index contributed by atoms with van der Waals surface area (Å²) in [5, 5.41) is 13.1. The molecule has 0 fully saturated rings. The molecule has 2 aromatic heterocycles. The Labute approximate surface area is 128 Å². The lowest BCUT2D eigenvalue weighted by Crippen LogP contribution is -2.27. The fraction of sp³-hybridized carbons (Fsp3) is 0.308. The van der Waals surface area contributed by atoms with Crippen LogP contribution in [0.25, 0.3) is 10.1 Å². The van der Waals surface area contributed by atoms with Crippen LogP contribution in [0.15, 0.2) is 16.9 Å². The molecule has 0 aliphatic carbocycles. The second-order valence-corrected chi connectivity index (χ2v) is 6.95. The van der Waals surface area contributed by atoms with E-state index in [9.17, 15) is 10.1 Å². The number of nitrogens with one attached hydrogen (secondary N) is 1. The van der Waals surface area contributed by atoms with Crippen LogP contribution in [0, 0.1) is 11.3 Å². The highest BCUT2D eigenvalue weighted by molar-refractivity contribution is 9.10. The summed E-state index contributed by atoms with van der Waals surface area (Å²) >= 11 is 4.66. The molecule has 0 radical (unpaired) electrons. The van der Waals surface area contributed by atoms with E-state index < -0.39 is 11.7 Å². The second kappa shape index (κ2) is 5.38. The number of pyridine rings is 1. The standard InChI is InChI=1S/C13H12BrN3O2S/c1-13(2,3)19-12(18)17-11-7(4-15)10-8(14)5-16-6-9(10)20-11/h5-6H,1-3H3,(H,17,18). The topological polar surface area (TPSA) is 75.0 Å². The van der Waals surface area contributed by atoms with E-state index in [0.29, 0.717) is 10.6 Å². The minimum atomic E-state index is -0.588. The van der Waals surface area contributed by atoms with Gasteiger partial charge in [-0.05, 0) is 36.7 Å². The zero-order valence-electron chi connectivity index (χ0n) is 11.2. The van der Waals surface area contributed by atoms with Crippen molar-refractivity contribution in [1.29, 1.82) is 5.26 Å². The minimum Gasteiger partial charge on any atom is -0.444 e. The first kappa shape index (κ1) is 14.8. The number of nitrogens with zero attached hydrogens (tertiary/aromatic N) is 2. The molecule has 2 heterocycles. The van der Waals surface area contributed by atoms with Gasteiger partial charge < -0.3 is 4.74 Å². The van der Waals surface area contributed by atoms with Gasteiger partial charge in [0.05, 0.1) is 10.3 Å². The van der Waals surface area contributed by atoms with Crippen LogP contribution < -0.4 is 5.32 Å². The highest BCUT2D eigenvalue weighted by Gasteiger charge is 2.20. The predicted octanol–water partition coefficient (Wildman–Crippen LogP) is 4.28. The number of hydrogen-bond acceptors (Lipinski definition) is 5. The van der Waals surface area contributed by atoms with Crippen molar-refractivity contribution in [1.82, 2.24) is 4.98 Å². The Morgan fingerprint density at radius 3 is 2.80 bits per heavy atom. The smallest absolute Gasteiger partial charge is 0.412 e. The zero-order chi connectivity index (χ0) is 14.9. The van der Waals surface area contributed by atoms with Gasteiger partial charge in [0, 0.05) is 22.3 Å². The molecule has 1 amide bonds. The van der Waals surface area contributed by atoms with Gasteiger partial charge in [-0.15, -0.1) is 11.3 Å². The molecule has 2 rings (SSSR count). The van der Waals surface area contributed by atoms with E-state index in [0.717, 1.165) is 14.6 Å². The summed E-state index contributed by atoms with van der Waals surface area (Å²) in [6, 6.07) is 2.11. The van der Waals surface area contributed by atoms with E-state index in [4.69, 9.17) is 4.74 Å². The van der Waals surface area contributed by atoms with E-state index in [1.54, 1.807) is 33.2 Å². The van der Waals surface area contributed by atoms with E-state index in [1.807, 2.05) is 0 Å². The van der Waals surface area contributed by atoms with E-state index in [2.05, 4.69) is 32.3 Å². The molecule has 7 heteroatoms. The van der Waals surface area contributed by atoms with Crippen molar-refractivity contribution < 1.29 is 9.53 Å². The predicted molar refractivity (Wildman–Crippen MR) is 81.9 cm³/mol. The number of anilines is 1. The molecule has 0 saturated carbocycles. The van der Waals surface area contributed by atoms with Crippen LogP contribution in [0.4, 0.5) is 9.80 Å². The summed E-state index contributed by atoms with van der Waals surface area (Å²) in [5.41, 5.74) is -0.180. The van der Waals surface area contributed by atoms with Crippen LogP contribution >= 0.6 is 27.3 Å². The van der Waals surface area contributed by atoms with Gasteiger partial charge in [-0.3, -0.25) is 10.3 Å². The van der Waals surface area contributed by atoms with Crippen LogP contribution in [-0.2, 0) is 4.74 Å². The highest BCUT2D eigenvalue weighted by Crippen LogP contribution is 2.38. The molecule has 0 bridgehead atoms. The van der Waals surface area contributed by atoms with Crippen LogP contribution in [0.1, 0.15) is 26.3 Å². The van der Waals surface area contributed by atoms with Gasteiger partial charge in [-0.2, -0.15) is 5.26 Å². The Morgan fingerprint density at radius 1 is 1.50 bits per heavy atom. The van der Waals surface area contributed by atoms with Crippen LogP contribution in [0.3, 0.4) is 0 Å². The number of nitriles is 1. The molecule has 2 aromatic rings. The first-order chi connectivity index (χ1) is 9.31. The van der Waals surface area contributed by atoms with Crippen LogP contribution in [0.2, 0.25) is 0 Å². The van der Waals surface area contributed by atoms with Gasteiger partial charge in [-0.1, -0.05) is 0 Å². The van der Waals surface area contributed by atoms with Gasteiger partial charge in [0.2, 0.25) is 0 Å². The normalized spacial score (nSPS) is 11.2. The van der Waals surface area contributed by atoms with Crippen molar-refractivity contribution in [3.63, 3.8) is 0 Å². The Kier molecular flexibility index (Phi) is 3.97. The summed E-state index contributed by atoms with van der Waals surface area (Å²) in [6.45, 7) is 5.34. The average Bonchev–Trinajstić information content (AvgIpc) is 2.64. The Hall–Kier alpha value is -1.65. The lowest BCUT2D eigenvalue weighted by atomic mass is 10.2. The van der Waals surface area contributed by atoms with Crippen LogP contribution in [0.5, 0.6) is 0 Å². The lowest BCUT2D eigenvalue weighted by molar-refractivity contribution is 0.0636. The number of aromatic nitrogens is 1. The third-order valence-electron chi connectivity index (χ3n) is 2.28. The number of ether oxygens (including phenoxy) is 1. The zero-order valence-corrected chi connectivity index (χ0v) is 13.6. The highest BCUT2D eigenvalue weighted by atomic mass is 79.9. The number of carbonyl (C=O) groups is 1. The SMILES string of the molecule is CC(C)(C)OC(=O)Nc1sc2cncc(Br)c2c1C#N. The fourth-order valence-corrected chi connectivity index (χ4v) is 3.30. The largest absolute Gasteiger partial charge is 0.444 e. The maximum absolute atomic E-state index is 11.8. The Morgan fingerprint density at radius 2 is 2.20 bits per heavy atom. The summed E-state index contributed by atoms with van der Waals surface area (Å²) < 4.78 is 6.73. The first-order valence-electron chi connectivity index (χ1n) is 5.78. The molecule has 0 saturated heterocycles. The molecule has 0 aliphatic heterocycles. The average molecular weight is 354 g/mol. The van der Waals surface area contributed by atoms with Gasteiger partial charge in [0.15, 0.2) is 0 Å². The number of amides is 1. The number of carbonyl (C=O) groups excluding carboxylic acids is 1. The monoisotopic (exact) mass is 353 g/mol. The third-order valence-corrected chi connectivity index (χ3v) is 3.92. The molecule has 0 spiro atoms. The number of fused-ring (bicyclic) bond motifs is 1. The van der Waals surface area contributed by atoms with E-state index >= 15 is 0 Å². The second-order valence-electron chi connectivity index (χ2n) is 5.04. The number of hydrogen-bond donors (Lipinski definition) is 1. The molecular formula is C13H12BrN3O2S. The van der Waals surface area contributed by atoms with E-state index in [-0.39, 0.29) is 0 Å². The van der Waals surface area contributed by atoms with Crippen molar-refractivity contribution in [2.75, 3.05) is 5.32 Å². The van der Waals surface area contributed by atoms with Gasteiger partial charge >= 0.3 is 6.09 Å². The molecule has 0 aromatic carbocycles. The molecule has 0 atom stereocenters. The van der Waals surface area contributed by atoms with Gasteiger partial charge in [0.25, 0.3) is 0 Å². The summed E-state index contributed by atoms with van der Waals surface area (Å²) in [4.78, 5) is 15.8. The van der Waals surface area contributed by atoms with Crippen molar-refractivity contribution in [3.8, 4) is 6.07 Å². The van der Waals surface area contributed by atoms with Gasteiger partial charge in [0.1, 0.15) is 16.7 Å². The minimum absolute atomic E-state index is 0.408. The van der Waals surface area contributed by atoms with Crippen molar-refractivity contribution in [3.05, 3.63) is 22.4 Å². The maximum atomic E-state index is 11.8. The summed E-state index contributed by atoms with van der Waals surface area (Å²) in [6.07, 6.45) is 2.70. The molecule has 5 nitrogen and oxygen atoms in total. The summed E-state index contributed by atoms with van der Waals surface area (Å²) in [5.74, 6) is 0.